The third-order valence-electron chi connectivity index (χ3n) is 5.47. The fraction of sp³-hybridized carbons (Fsp3) is 0.318. The van der Waals surface area contributed by atoms with Crippen molar-refractivity contribution >= 4 is 16.9 Å². The van der Waals surface area contributed by atoms with Crippen LogP contribution in [0.25, 0.3) is 11.0 Å². The maximum absolute atomic E-state index is 13.2. The fourth-order valence-electron chi connectivity index (χ4n) is 3.74. The number of nitrogens with zero attached hydrogens (tertiary/aromatic N) is 3. The van der Waals surface area contributed by atoms with Crippen LogP contribution in [0.2, 0.25) is 0 Å². The number of rotatable bonds is 2. The third kappa shape index (κ3) is 3.03. The average molecular weight is 361 g/mol. The van der Waals surface area contributed by atoms with Crippen molar-refractivity contribution in [3.05, 3.63) is 64.5 Å². The summed E-state index contributed by atoms with van der Waals surface area (Å²) in [5.74, 6) is 0.894. The number of aromatic nitrogens is 2. The lowest BCUT2D eigenvalue weighted by Gasteiger charge is -2.35. The number of benzene rings is 2. The summed E-state index contributed by atoms with van der Waals surface area (Å²) >= 11 is 0. The summed E-state index contributed by atoms with van der Waals surface area (Å²) in [4.78, 5) is 24.3. The summed E-state index contributed by atoms with van der Waals surface area (Å²) in [5.41, 5.74) is 6.48. The molecule has 0 aliphatic carbocycles. The van der Waals surface area contributed by atoms with E-state index in [0.717, 1.165) is 34.6 Å². The van der Waals surface area contributed by atoms with Gasteiger partial charge in [-0.05, 0) is 68.7 Å². The van der Waals surface area contributed by atoms with E-state index in [0.29, 0.717) is 12.1 Å². The molecule has 1 aromatic heterocycles. The molecule has 0 saturated carbocycles. The number of amides is 1. The van der Waals surface area contributed by atoms with Crippen molar-refractivity contribution in [1.82, 2.24) is 14.9 Å². The van der Waals surface area contributed by atoms with Gasteiger partial charge in [0.25, 0.3) is 5.91 Å². The topological polar surface area (TPSA) is 55.3 Å². The minimum absolute atomic E-state index is 0.0219. The second-order valence-electron chi connectivity index (χ2n) is 7.09. The van der Waals surface area contributed by atoms with Crippen LogP contribution in [-0.2, 0) is 6.42 Å². The van der Waals surface area contributed by atoms with Crippen molar-refractivity contribution in [2.24, 2.45) is 0 Å². The first-order valence-electron chi connectivity index (χ1n) is 9.20. The predicted molar refractivity (Wildman–Crippen MR) is 105 cm³/mol. The molecule has 4 rings (SSSR count). The molecule has 1 amide bonds. The molecule has 0 bridgehead atoms. The van der Waals surface area contributed by atoms with Crippen LogP contribution in [0.3, 0.4) is 0 Å². The van der Waals surface area contributed by atoms with Crippen LogP contribution in [0.1, 0.15) is 45.8 Å². The summed E-state index contributed by atoms with van der Waals surface area (Å²) in [7, 11) is 1.68. The number of ether oxygens (including phenoxy) is 1. The standard InChI is InChI=1S/C22H23N3O2/c1-13-14(2)24-21-12-17(5-8-20(21)23-13)22(26)25-10-9-16-11-18(27-4)6-7-19(16)15(25)3/h5-8,11-12,15H,9-10H2,1-4H3. The van der Waals surface area contributed by atoms with Crippen molar-refractivity contribution in [3.63, 3.8) is 0 Å². The lowest BCUT2D eigenvalue weighted by atomic mass is 9.92. The molecular formula is C22H23N3O2. The molecule has 3 aromatic rings. The molecule has 5 heteroatoms. The Bertz CT molecular complexity index is 1050. The van der Waals surface area contributed by atoms with E-state index in [4.69, 9.17) is 4.74 Å². The normalized spacial score (nSPS) is 16.3. The van der Waals surface area contributed by atoms with E-state index in [1.165, 1.54) is 11.1 Å². The highest BCUT2D eigenvalue weighted by Gasteiger charge is 2.28. The van der Waals surface area contributed by atoms with Crippen LogP contribution >= 0.6 is 0 Å². The quantitative estimate of drug-likeness (QED) is 0.692. The number of carbonyl (C=O) groups is 1. The molecule has 138 valence electrons. The molecular weight excluding hydrogens is 338 g/mol. The summed E-state index contributed by atoms with van der Waals surface area (Å²) in [6, 6.07) is 11.7. The molecule has 1 aliphatic heterocycles. The Balaban J connectivity index is 1.66. The Labute approximate surface area is 159 Å². The minimum atomic E-state index is 0.0219. The highest BCUT2D eigenvalue weighted by molar-refractivity contribution is 5.97. The van der Waals surface area contributed by atoms with Gasteiger partial charge in [-0.1, -0.05) is 6.07 Å². The minimum Gasteiger partial charge on any atom is -0.497 e. The average Bonchev–Trinajstić information content (AvgIpc) is 2.68. The third-order valence-corrected chi connectivity index (χ3v) is 5.47. The predicted octanol–water partition coefficient (Wildman–Crippen LogP) is 4.01. The molecule has 0 radical (unpaired) electrons. The van der Waals surface area contributed by atoms with Gasteiger partial charge in [-0.25, -0.2) is 9.97 Å². The van der Waals surface area contributed by atoms with Crippen molar-refractivity contribution in [2.45, 2.75) is 33.2 Å². The number of methoxy groups -OCH3 is 1. The van der Waals surface area contributed by atoms with E-state index in [1.807, 2.05) is 43.0 Å². The van der Waals surface area contributed by atoms with Crippen molar-refractivity contribution in [2.75, 3.05) is 13.7 Å². The smallest absolute Gasteiger partial charge is 0.254 e. The van der Waals surface area contributed by atoms with Crippen LogP contribution in [0.5, 0.6) is 5.75 Å². The number of aryl methyl sites for hydroxylation is 2. The van der Waals surface area contributed by atoms with E-state index < -0.39 is 0 Å². The van der Waals surface area contributed by atoms with Crippen LogP contribution in [0.15, 0.2) is 36.4 Å². The Morgan fingerprint density at radius 1 is 1.07 bits per heavy atom. The van der Waals surface area contributed by atoms with Crippen molar-refractivity contribution < 1.29 is 9.53 Å². The zero-order chi connectivity index (χ0) is 19.1. The number of fused-ring (bicyclic) bond motifs is 2. The molecule has 0 spiro atoms. The van der Waals surface area contributed by atoms with E-state index in [2.05, 4.69) is 29.0 Å². The molecule has 2 heterocycles. The fourth-order valence-corrected chi connectivity index (χ4v) is 3.74. The molecule has 27 heavy (non-hydrogen) atoms. The molecule has 1 aliphatic rings. The number of hydrogen-bond acceptors (Lipinski definition) is 4. The first-order valence-corrected chi connectivity index (χ1v) is 9.20. The second-order valence-corrected chi connectivity index (χ2v) is 7.09. The van der Waals surface area contributed by atoms with Gasteiger partial charge in [0, 0.05) is 12.1 Å². The van der Waals surface area contributed by atoms with Gasteiger partial charge in [0.05, 0.1) is 35.6 Å². The first kappa shape index (κ1) is 17.5. The van der Waals surface area contributed by atoms with Crippen molar-refractivity contribution in [1.29, 1.82) is 0 Å². The largest absolute Gasteiger partial charge is 0.497 e. The van der Waals surface area contributed by atoms with Gasteiger partial charge in [-0.3, -0.25) is 4.79 Å². The summed E-state index contributed by atoms with van der Waals surface area (Å²) in [6.45, 7) is 6.66. The maximum atomic E-state index is 13.2. The summed E-state index contributed by atoms with van der Waals surface area (Å²) in [5, 5.41) is 0. The van der Waals surface area contributed by atoms with Crippen LogP contribution in [0, 0.1) is 13.8 Å². The van der Waals surface area contributed by atoms with E-state index in [9.17, 15) is 4.79 Å². The van der Waals surface area contributed by atoms with Gasteiger partial charge in [0.15, 0.2) is 0 Å². The monoisotopic (exact) mass is 361 g/mol. The zero-order valence-electron chi connectivity index (χ0n) is 16.1. The number of carbonyl (C=O) groups excluding carboxylic acids is 1. The van der Waals surface area contributed by atoms with Gasteiger partial charge in [-0.2, -0.15) is 0 Å². The first-order chi connectivity index (χ1) is 13.0. The van der Waals surface area contributed by atoms with Gasteiger partial charge in [0.1, 0.15) is 5.75 Å². The lowest BCUT2D eigenvalue weighted by molar-refractivity contribution is 0.0678. The molecule has 0 fully saturated rings. The molecule has 2 aromatic carbocycles. The Hall–Kier alpha value is -2.95. The van der Waals surface area contributed by atoms with Gasteiger partial charge >= 0.3 is 0 Å². The van der Waals surface area contributed by atoms with Crippen molar-refractivity contribution in [3.8, 4) is 5.75 Å². The Morgan fingerprint density at radius 2 is 1.81 bits per heavy atom. The highest BCUT2D eigenvalue weighted by atomic mass is 16.5. The summed E-state index contributed by atoms with van der Waals surface area (Å²) < 4.78 is 5.32. The zero-order valence-corrected chi connectivity index (χ0v) is 16.1. The van der Waals surface area contributed by atoms with Crippen LogP contribution in [-0.4, -0.2) is 34.4 Å². The van der Waals surface area contributed by atoms with E-state index in [-0.39, 0.29) is 11.9 Å². The van der Waals surface area contributed by atoms with Gasteiger partial charge in [0.2, 0.25) is 0 Å². The van der Waals surface area contributed by atoms with Gasteiger partial charge in [-0.15, -0.1) is 0 Å². The van der Waals surface area contributed by atoms with Crippen LogP contribution in [0.4, 0.5) is 0 Å². The highest BCUT2D eigenvalue weighted by Crippen LogP contribution is 2.33. The molecule has 0 saturated heterocycles. The molecule has 5 nitrogen and oxygen atoms in total. The Morgan fingerprint density at radius 3 is 2.56 bits per heavy atom. The van der Waals surface area contributed by atoms with E-state index in [1.54, 1.807) is 7.11 Å². The SMILES string of the molecule is COc1ccc2c(c1)CCN(C(=O)c1ccc3nc(C)c(C)nc3c1)C2C. The lowest BCUT2D eigenvalue weighted by Crippen LogP contribution is -2.38. The molecule has 0 N–H and O–H groups in total. The second kappa shape index (κ2) is 6.65. The number of hydrogen-bond donors (Lipinski definition) is 0. The Kier molecular flexibility index (Phi) is 4.30. The van der Waals surface area contributed by atoms with E-state index >= 15 is 0 Å². The van der Waals surface area contributed by atoms with Crippen LogP contribution < -0.4 is 4.74 Å². The van der Waals surface area contributed by atoms with Gasteiger partial charge < -0.3 is 9.64 Å². The maximum Gasteiger partial charge on any atom is 0.254 e. The summed E-state index contributed by atoms with van der Waals surface area (Å²) in [6.07, 6.45) is 0.828. The molecule has 1 unspecified atom stereocenters. The molecule has 1 atom stereocenters.